The van der Waals surface area contributed by atoms with Crippen molar-refractivity contribution in [3.63, 3.8) is 0 Å². The van der Waals surface area contributed by atoms with Crippen LogP contribution in [0.5, 0.6) is 0 Å². The first-order valence-corrected chi connectivity index (χ1v) is 5.90. The number of alkyl halides is 2. The highest BCUT2D eigenvalue weighted by Gasteiger charge is 2.45. The predicted octanol–water partition coefficient (Wildman–Crippen LogP) is 0.760. The summed E-state index contributed by atoms with van der Waals surface area (Å²) < 4.78 is 30.3. The van der Waals surface area contributed by atoms with Crippen LogP contribution in [0.4, 0.5) is 8.78 Å². The Morgan fingerprint density at radius 1 is 1.56 bits per heavy atom. The van der Waals surface area contributed by atoms with Gasteiger partial charge in [-0.05, 0) is 0 Å². The fourth-order valence-corrected chi connectivity index (χ4v) is 2.90. The lowest BCUT2D eigenvalue weighted by Gasteiger charge is -2.33. The number of nitrogens with zero attached hydrogens (tertiary/aromatic N) is 2. The third kappa shape index (κ3) is 2.16. The van der Waals surface area contributed by atoms with Crippen molar-refractivity contribution >= 4 is 16.9 Å². The van der Waals surface area contributed by atoms with Gasteiger partial charge in [0.15, 0.2) is 5.17 Å². The molecule has 1 unspecified atom stereocenters. The summed E-state index contributed by atoms with van der Waals surface area (Å²) in [6.07, 6.45) is -4.93. The number of halogens is 2. The van der Waals surface area contributed by atoms with Crippen LogP contribution in [0, 0.1) is 0 Å². The van der Waals surface area contributed by atoms with Crippen molar-refractivity contribution in [2.45, 2.75) is 36.5 Å². The third-order valence-electron chi connectivity index (χ3n) is 2.60. The lowest BCUT2D eigenvalue weighted by molar-refractivity contribution is -0.152. The Hall–Kier alpha value is -0.400. The highest BCUT2D eigenvalue weighted by Crippen LogP contribution is 2.37. The summed E-state index contributed by atoms with van der Waals surface area (Å²) in [5, 5.41) is 10.3. The molecule has 0 aromatic heterocycles. The van der Waals surface area contributed by atoms with E-state index in [1.807, 2.05) is 19.0 Å². The first-order chi connectivity index (χ1) is 7.49. The monoisotopic (exact) mass is 252 g/mol. The molecule has 4 nitrogen and oxygen atoms in total. The maximum Gasteiger partial charge on any atom is 0.266 e. The van der Waals surface area contributed by atoms with Gasteiger partial charge in [-0.3, -0.25) is 4.99 Å². The standard InChI is InChI=1S/C9H14F2N2O2S/c1-13(2)9-12-4-3-5(14)6(7(10)11)15-8(4)16-9/h4-8,14H,3H2,1-2H3/t4-,5+,6?,8-/m1/s1. The van der Waals surface area contributed by atoms with E-state index >= 15 is 0 Å². The quantitative estimate of drug-likeness (QED) is 0.748. The number of aliphatic imine (C=N–C) groups is 1. The van der Waals surface area contributed by atoms with Crippen molar-refractivity contribution in [1.82, 2.24) is 4.90 Å². The molecule has 0 amide bonds. The summed E-state index contributed by atoms with van der Waals surface area (Å²) in [6.45, 7) is 0. The van der Waals surface area contributed by atoms with Crippen LogP contribution in [-0.4, -0.2) is 59.4 Å². The van der Waals surface area contributed by atoms with Crippen molar-refractivity contribution in [1.29, 1.82) is 0 Å². The minimum atomic E-state index is -2.65. The van der Waals surface area contributed by atoms with Gasteiger partial charge in [0, 0.05) is 20.5 Å². The van der Waals surface area contributed by atoms with Gasteiger partial charge in [0.1, 0.15) is 11.5 Å². The lowest BCUT2D eigenvalue weighted by atomic mass is 10.0. The van der Waals surface area contributed by atoms with Crippen LogP contribution in [0.15, 0.2) is 4.99 Å². The second kappa shape index (κ2) is 4.46. The average molecular weight is 252 g/mol. The van der Waals surface area contributed by atoms with Crippen molar-refractivity contribution in [2.24, 2.45) is 4.99 Å². The number of fused-ring (bicyclic) bond motifs is 1. The number of aliphatic hydroxyl groups is 1. The predicted molar refractivity (Wildman–Crippen MR) is 57.8 cm³/mol. The van der Waals surface area contributed by atoms with Crippen LogP contribution < -0.4 is 0 Å². The smallest absolute Gasteiger partial charge is 0.266 e. The molecule has 0 aromatic rings. The van der Waals surface area contributed by atoms with Crippen molar-refractivity contribution in [3.05, 3.63) is 0 Å². The Morgan fingerprint density at radius 2 is 2.25 bits per heavy atom. The number of hydrogen-bond donors (Lipinski definition) is 1. The van der Waals surface area contributed by atoms with Crippen LogP contribution in [0.3, 0.4) is 0 Å². The molecular formula is C9H14F2N2O2S. The van der Waals surface area contributed by atoms with Gasteiger partial charge in [-0.15, -0.1) is 0 Å². The van der Waals surface area contributed by atoms with E-state index in [1.165, 1.54) is 11.8 Å². The van der Waals surface area contributed by atoms with Gasteiger partial charge in [0.2, 0.25) is 0 Å². The van der Waals surface area contributed by atoms with E-state index in [0.717, 1.165) is 5.17 Å². The molecule has 0 aliphatic carbocycles. The Kier molecular flexibility index (Phi) is 3.37. The molecule has 1 N–H and O–H groups in total. The normalized spacial score (nSPS) is 38.5. The lowest BCUT2D eigenvalue weighted by Crippen LogP contribution is -2.47. The maximum atomic E-state index is 12.5. The van der Waals surface area contributed by atoms with E-state index in [4.69, 9.17) is 4.74 Å². The maximum absolute atomic E-state index is 12.5. The molecule has 1 saturated heterocycles. The van der Waals surface area contributed by atoms with Crippen molar-refractivity contribution in [2.75, 3.05) is 14.1 Å². The Bertz CT molecular complexity index is 301. The van der Waals surface area contributed by atoms with Crippen LogP contribution in [-0.2, 0) is 4.74 Å². The van der Waals surface area contributed by atoms with Gasteiger partial charge in [0.25, 0.3) is 6.43 Å². The number of thioether (sulfide) groups is 1. The molecule has 0 aromatic carbocycles. The molecule has 0 saturated carbocycles. The van der Waals surface area contributed by atoms with E-state index in [-0.39, 0.29) is 17.9 Å². The molecule has 92 valence electrons. The van der Waals surface area contributed by atoms with Gasteiger partial charge in [-0.25, -0.2) is 8.78 Å². The topological polar surface area (TPSA) is 45.1 Å². The summed E-state index contributed by atoms with van der Waals surface area (Å²) in [5.41, 5.74) is -0.389. The summed E-state index contributed by atoms with van der Waals surface area (Å²) in [6, 6.07) is -0.215. The molecule has 2 aliphatic rings. The zero-order valence-corrected chi connectivity index (χ0v) is 9.82. The first kappa shape index (κ1) is 12.1. The van der Waals surface area contributed by atoms with E-state index in [1.54, 1.807) is 0 Å². The van der Waals surface area contributed by atoms with Gasteiger partial charge >= 0.3 is 0 Å². The second-order valence-electron chi connectivity index (χ2n) is 4.10. The van der Waals surface area contributed by atoms with Gasteiger partial charge < -0.3 is 14.7 Å². The minimum Gasteiger partial charge on any atom is -0.390 e. The summed E-state index contributed by atoms with van der Waals surface area (Å²) in [5.74, 6) is 0. The molecule has 0 spiro atoms. The van der Waals surface area contributed by atoms with Gasteiger partial charge in [0.05, 0.1) is 12.1 Å². The van der Waals surface area contributed by atoms with E-state index in [9.17, 15) is 13.9 Å². The Balaban J connectivity index is 2.05. The minimum absolute atomic E-state index is 0.215. The summed E-state index contributed by atoms with van der Waals surface area (Å²) in [4.78, 5) is 6.14. The first-order valence-electron chi connectivity index (χ1n) is 5.02. The van der Waals surface area contributed by atoms with E-state index in [2.05, 4.69) is 4.99 Å². The molecular weight excluding hydrogens is 238 g/mol. The van der Waals surface area contributed by atoms with Gasteiger partial charge in [-0.2, -0.15) is 0 Å². The zero-order valence-electron chi connectivity index (χ0n) is 9.01. The van der Waals surface area contributed by atoms with Gasteiger partial charge in [-0.1, -0.05) is 11.8 Å². The van der Waals surface area contributed by atoms with Crippen LogP contribution in [0.25, 0.3) is 0 Å². The molecule has 2 rings (SSSR count). The van der Waals surface area contributed by atoms with Crippen LogP contribution >= 0.6 is 11.8 Å². The average Bonchev–Trinajstić information content (AvgIpc) is 2.58. The number of ether oxygens (including phenoxy) is 1. The Labute approximate surface area is 96.7 Å². The van der Waals surface area contributed by atoms with Crippen molar-refractivity contribution in [3.8, 4) is 0 Å². The van der Waals surface area contributed by atoms with E-state index < -0.39 is 18.6 Å². The van der Waals surface area contributed by atoms with Crippen LogP contribution in [0.1, 0.15) is 6.42 Å². The SMILES string of the molecule is CN(C)C1=N[C@@H]2C[C@H](O)C(C(F)F)O[C@@H]2S1. The second-order valence-corrected chi connectivity index (χ2v) is 5.16. The largest absolute Gasteiger partial charge is 0.390 e. The molecule has 16 heavy (non-hydrogen) atoms. The number of aliphatic hydroxyl groups excluding tert-OH is 1. The molecule has 7 heteroatoms. The van der Waals surface area contributed by atoms with Crippen LogP contribution in [0.2, 0.25) is 0 Å². The van der Waals surface area contributed by atoms with Crippen molar-refractivity contribution < 1.29 is 18.6 Å². The third-order valence-corrected chi connectivity index (χ3v) is 3.94. The highest BCUT2D eigenvalue weighted by molar-refractivity contribution is 8.14. The number of hydrogen-bond acceptors (Lipinski definition) is 5. The molecule has 2 heterocycles. The highest BCUT2D eigenvalue weighted by atomic mass is 32.2. The number of rotatable bonds is 1. The molecule has 0 radical (unpaired) electrons. The zero-order chi connectivity index (χ0) is 11.9. The Morgan fingerprint density at radius 3 is 2.81 bits per heavy atom. The summed E-state index contributed by atoms with van der Waals surface area (Å²) >= 11 is 1.34. The fourth-order valence-electron chi connectivity index (χ4n) is 1.77. The molecule has 1 fully saturated rings. The number of amidine groups is 1. The fraction of sp³-hybridized carbons (Fsp3) is 0.889. The molecule has 4 atom stereocenters. The summed E-state index contributed by atoms with van der Waals surface area (Å²) in [7, 11) is 3.67. The molecule has 0 bridgehead atoms. The molecule has 2 aliphatic heterocycles. The van der Waals surface area contributed by atoms with E-state index in [0.29, 0.717) is 0 Å².